The van der Waals surface area contributed by atoms with Crippen molar-refractivity contribution in [3.05, 3.63) is 45.9 Å². The highest BCUT2D eigenvalue weighted by atomic mass is 32.1. The molecule has 2 N–H and O–H groups in total. The highest BCUT2D eigenvalue weighted by Crippen LogP contribution is 2.13. The molecule has 0 amide bonds. The Kier molecular flexibility index (Phi) is 3.94. The van der Waals surface area contributed by atoms with Gasteiger partial charge in [-0.15, -0.1) is 11.3 Å². The summed E-state index contributed by atoms with van der Waals surface area (Å²) < 4.78 is 0. The van der Waals surface area contributed by atoms with Crippen LogP contribution in [-0.4, -0.2) is 16.1 Å². The van der Waals surface area contributed by atoms with E-state index in [2.05, 4.69) is 29.4 Å². The summed E-state index contributed by atoms with van der Waals surface area (Å²) >= 11 is 1.15. The summed E-state index contributed by atoms with van der Waals surface area (Å²) in [5, 5.41) is 13.9. The van der Waals surface area contributed by atoms with Crippen LogP contribution in [0.5, 0.6) is 0 Å². The second kappa shape index (κ2) is 5.64. The zero-order valence-corrected chi connectivity index (χ0v) is 10.8. The fourth-order valence-corrected chi connectivity index (χ4v) is 2.19. The molecule has 2 rings (SSSR count). The van der Waals surface area contributed by atoms with Crippen LogP contribution < -0.4 is 5.32 Å². The lowest BCUT2D eigenvalue weighted by atomic mass is 10.1. The van der Waals surface area contributed by atoms with E-state index in [1.165, 1.54) is 5.56 Å². The van der Waals surface area contributed by atoms with Gasteiger partial charge in [0, 0.05) is 11.1 Å². The molecule has 0 saturated heterocycles. The molecule has 2 aromatic rings. The third-order valence-electron chi connectivity index (χ3n) is 2.57. The summed E-state index contributed by atoms with van der Waals surface area (Å²) in [6.45, 7) is 2.65. The molecule has 1 heterocycles. The number of aryl methyl sites for hydroxylation is 1. The van der Waals surface area contributed by atoms with Crippen molar-refractivity contribution in [2.24, 2.45) is 0 Å². The first kappa shape index (κ1) is 12.6. The van der Waals surface area contributed by atoms with Gasteiger partial charge in [0.1, 0.15) is 0 Å². The molecule has 0 saturated carbocycles. The number of hydrogen-bond donors (Lipinski definition) is 2. The number of anilines is 1. The molecule has 0 aliphatic rings. The smallest absolute Gasteiger partial charge is 0.365 e. The fourth-order valence-electron chi connectivity index (χ4n) is 1.54. The summed E-state index contributed by atoms with van der Waals surface area (Å²) in [6, 6.07) is 8.19. The molecule has 0 aliphatic carbocycles. The molecule has 0 unspecified atom stereocenters. The number of carbonyl (C=O) groups is 1. The second-order valence-corrected chi connectivity index (χ2v) is 4.71. The van der Waals surface area contributed by atoms with Crippen molar-refractivity contribution in [2.75, 3.05) is 5.32 Å². The maximum Gasteiger partial charge on any atom is 0.365 e. The Morgan fingerprint density at radius 3 is 2.67 bits per heavy atom. The average Bonchev–Trinajstić information content (AvgIpc) is 2.86. The highest BCUT2D eigenvalue weighted by molar-refractivity contribution is 7.11. The van der Waals surface area contributed by atoms with E-state index in [-0.39, 0.29) is 5.01 Å². The van der Waals surface area contributed by atoms with E-state index in [1.54, 1.807) is 5.38 Å². The first-order valence-corrected chi connectivity index (χ1v) is 6.57. The minimum absolute atomic E-state index is 0.133. The zero-order valence-electron chi connectivity index (χ0n) is 10.0. The van der Waals surface area contributed by atoms with Crippen LogP contribution in [0.1, 0.15) is 28.0 Å². The first-order valence-electron chi connectivity index (χ1n) is 5.69. The summed E-state index contributed by atoms with van der Waals surface area (Å²) in [5.41, 5.74) is 3.05. The molecule has 5 heteroatoms. The van der Waals surface area contributed by atoms with Crippen molar-refractivity contribution in [3.63, 3.8) is 0 Å². The lowest BCUT2D eigenvalue weighted by Crippen LogP contribution is -2.01. The Bertz CT molecular complexity index is 534. The van der Waals surface area contributed by atoms with Crippen molar-refractivity contribution >= 4 is 23.0 Å². The van der Waals surface area contributed by atoms with Crippen LogP contribution in [0.2, 0.25) is 0 Å². The molecular formula is C13H14N2O2S. The molecule has 0 aliphatic heterocycles. The van der Waals surface area contributed by atoms with Crippen LogP contribution in [0.4, 0.5) is 5.69 Å². The molecule has 94 valence electrons. The number of carboxylic acids is 1. The van der Waals surface area contributed by atoms with E-state index < -0.39 is 5.97 Å². The zero-order chi connectivity index (χ0) is 13.0. The summed E-state index contributed by atoms with van der Waals surface area (Å²) in [4.78, 5) is 14.7. The van der Waals surface area contributed by atoms with Crippen molar-refractivity contribution in [1.29, 1.82) is 0 Å². The van der Waals surface area contributed by atoms with E-state index >= 15 is 0 Å². The van der Waals surface area contributed by atoms with Gasteiger partial charge in [0.15, 0.2) is 0 Å². The third kappa shape index (κ3) is 3.07. The summed E-state index contributed by atoms with van der Waals surface area (Å²) in [7, 11) is 0. The quantitative estimate of drug-likeness (QED) is 0.869. The molecule has 0 radical (unpaired) electrons. The number of carboxylic acid groups (broad SMARTS) is 1. The second-order valence-electron chi connectivity index (χ2n) is 3.85. The minimum Gasteiger partial charge on any atom is -0.476 e. The van der Waals surface area contributed by atoms with Gasteiger partial charge >= 0.3 is 5.97 Å². The number of aromatic carboxylic acids is 1. The molecular weight excluding hydrogens is 248 g/mol. The van der Waals surface area contributed by atoms with Gasteiger partial charge in [-0.25, -0.2) is 9.78 Å². The third-order valence-corrected chi connectivity index (χ3v) is 3.45. The molecule has 0 spiro atoms. The number of rotatable bonds is 5. The predicted molar refractivity (Wildman–Crippen MR) is 72.2 cm³/mol. The molecule has 1 aromatic heterocycles. The molecule has 0 fully saturated rings. The SMILES string of the molecule is CCc1ccc(NCc2csc(C(=O)O)n2)cc1. The Hall–Kier alpha value is -1.88. The Morgan fingerprint density at radius 2 is 2.11 bits per heavy atom. The van der Waals surface area contributed by atoms with E-state index in [9.17, 15) is 4.79 Å². The van der Waals surface area contributed by atoms with E-state index in [1.807, 2.05) is 12.1 Å². The van der Waals surface area contributed by atoms with E-state index in [0.717, 1.165) is 29.1 Å². The number of nitrogens with zero attached hydrogens (tertiary/aromatic N) is 1. The Balaban J connectivity index is 1.95. The number of thiazole rings is 1. The van der Waals surface area contributed by atoms with Gasteiger partial charge in [-0.2, -0.15) is 0 Å². The van der Waals surface area contributed by atoms with Crippen molar-refractivity contribution in [3.8, 4) is 0 Å². The maximum absolute atomic E-state index is 10.7. The van der Waals surface area contributed by atoms with E-state index in [0.29, 0.717) is 6.54 Å². The summed E-state index contributed by atoms with van der Waals surface area (Å²) in [6.07, 6.45) is 1.02. The van der Waals surface area contributed by atoms with Crippen LogP contribution in [0.3, 0.4) is 0 Å². The average molecular weight is 262 g/mol. The number of aromatic nitrogens is 1. The van der Waals surface area contributed by atoms with Gasteiger partial charge < -0.3 is 10.4 Å². The maximum atomic E-state index is 10.7. The number of nitrogens with one attached hydrogen (secondary N) is 1. The van der Waals surface area contributed by atoms with Gasteiger partial charge in [-0.1, -0.05) is 19.1 Å². The van der Waals surface area contributed by atoms with Gasteiger partial charge in [0.05, 0.1) is 12.2 Å². The monoisotopic (exact) mass is 262 g/mol. The normalized spacial score (nSPS) is 10.3. The van der Waals surface area contributed by atoms with Gasteiger partial charge in [0.25, 0.3) is 0 Å². The summed E-state index contributed by atoms with van der Waals surface area (Å²) in [5.74, 6) is -0.974. The first-order chi connectivity index (χ1) is 8.69. The van der Waals surface area contributed by atoms with Crippen molar-refractivity contribution < 1.29 is 9.90 Å². The van der Waals surface area contributed by atoms with Crippen LogP contribution >= 0.6 is 11.3 Å². The highest BCUT2D eigenvalue weighted by Gasteiger charge is 2.08. The standard InChI is InChI=1S/C13H14N2O2S/c1-2-9-3-5-10(6-4-9)14-7-11-8-18-12(15-11)13(16)17/h3-6,8,14H,2,7H2,1H3,(H,16,17). The van der Waals surface area contributed by atoms with Gasteiger partial charge in [0.2, 0.25) is 5.01 Å². The Labute approximate surface area is 109 Å². The van der Waals surface area contributed by atoms with E-state index in [4.69, 9.17) is 5.11 Å². The lowest BCUT2D eigenvalue weighted by molar-refractivity contribution is 0.0696. The molecule has 0 atom stereocenters. The molecule has 4 nitrogen and oxygen atoms in total. The molecule has 0 bridgehead atoms. The van der Waals surface area contributed by atoms with Crippen LogP contribution in [0, 0.1) is 0 Å². The van der Waals surface area contributed by atoms with Gasteiger partial charge in [-0.3, -0.25) is 0 Å². The van der Waals surface area contributed by atoms with Crippen molar-refractivity contribution in [2.45, 2.75) is 19.9 Å². The van der Waals surface area contributed by atoms with Crippen LogP contribution in [0.15, 0.2) is 29.6 Å². The van der Waals surface area contributed by atoms with Crippen LogP contribution in [0.25, 0.3) is 0 Å². The van der Waals surface area contributed by atoms with Gasteiger partial charge in [-0.05, 0) is 24.1 Å². The fraction of sp³-hybridized carbons (Fsp3) is 0.231. The lowest BCUT2D eigenvalue weighted by Gasteiger charge is -2.05. The number of hydrogen-bond acceptors (Lipinski definition) is 4. The molecule has 18 heavy (non-hydrogen) atoms. The predicted octanol–water partition coefficient (Wildman–Crippen LogP) is 3.02. The van der Waals surface area contributed by atoms with Crippen LogP contribution in [-0.2, 0) is 13.0 Å². The number of benzene rings is 1. The van der Waals surface area contributed by atoms with Crippen molar-refractivity contribution in [1.82, 2.24) is 4.98 Å². The topological polar surface area (TPSA) is 62.2 Å². The largest absolute Gasteiger partial charge is 0.476 e. The molecule has 1 aromatic carbocycles. The minimum atomic E-state index is -0.974. The Morgan fingerprint density at radius 1 is 1.39 bits per heavy atom.